The van der Waals surface area contributed by atoms with Crippen LogP contribution in [0.1, 0.15) is 46.0 Å². The Morgan fingerprint density at radius 3 is 2.24 bits per heavy atom. The van der Waals surface area contributed by atoms with Gasteiger partial charge in [0.05, 0.1) is 0 Å². The van der Waals surface area contributed by atoms with Crippen LogP contribution in [0.15, 0.2) is 0 Å². The summed E-state index contributed by atoms with van der Waals surface area (Å²) in [6.45, 7) is 5.57. The number of rotatable bonds is 1. The van der Waals surface area contributed by atoms with E-state index in [1.165, 1.54) is 38.6 Å². The SMILES string of the molecule is CC(C)NC(=S)N1CC2C[C@@H]3CC1C[C@H](C2)C3. The van der Waals surface area contributed by atoms with Crippen molar-refractivity contribution < 1.29 is 0 Å². The molecule has 4 fully saturated rings. The van der Waals surface area contributed by atoms with Crippen molar-refractivity contribution in [1.29, 1.82) is 0 Å². The molecular weight excluding hydrogens is 228 g/mol. The van der Waals surface area contributed by atoms with Crippen LogP contribution < -0.4 is 5.32 Å². The van der Waals surface area contributed by atoms with Crippen LogP contribution in [0.25, 0.3) is 0 Å². The van der Waals surface area contributed by atoms with Crippen molar-refractivity contribution in [2.45, 2.75) is 58.0 Å². The maximum Gasteiger partial charge on any atom is 0.169 e. The molecule has 2 saturated carbocycles. The van der Waals surface area contributed by atoms with Crippen LogP contribution in [0.4, 0.5) is 0 Å². The van der Waals surface area contributed by atoms with Gasteiger partial charge in [0.1, 0.15) is 0 Å². The maximum atomic E-state index is 5.60. The van der Waals surface area contributed by atoms with Gasteiger partial charge < -0.3 is 10.2 Å². The number of nitrogens with zero attached hydrogens (tertiary/aromatic N) is 1. The monoisotopic (exact) mass is 252 g/mol. The summed E-state index contributed by atoms with van der Waals surface area (Å²) in [5, 5.41) is 4.45. The second-order valence-electron chi connectivity index (χ2n) is 6.69. The van der Waals surface area contributed by atoms with Gasteiger partial charge in [-0.2, -0.15) is 0 Å². The molecule has 0 aromatic carbocycles. The predicted molar refractivity (Wildman–Crippen MR) is 74.9 cm³/mol. The van der Waals surface area contributed by atoms with Crippen molar-refractivity contribution >= 4 is 17.3 Å². The van der Waals surface area contributed by atoms with Gasteiger partial charge in [-0.1, -0.05) is 0 Å². The van der Waals surface area contributed by atoms with Gasteiger partial charge in [-0.05, 0) is 75.9 Å². The van der Waals surface area contributed by atoms with Gasteiger partial charge in [0, 0.05) is 18.6 Å². The second-order valence-corrected chi connectivity index (χ2v) is 7.07. The van der Waals surface area contributed by atoms with E-state index in [0.29, 0.717) is 6.04 Å². The molecule has 0 aromatic heterocycles. The van der Waals surface area contributed by atoms with Crippen molar-refractivity contribution in [3.05, 3.63) is 0 Å². The Hall–Kier alpha value is -0.310. The normalized spacial score (nSPS) is 39.6. The van der Waals surface area contributed by atoms with Crippen LogP contribution in [0.2, 0.25) is 0 Å². The third-order valence-electron chi connectivity index (χ3n) is 4.78. The highest BCUT2D eigenvalue weighted by Gasteiger charge is 2.43. The molecule has 0 radical (unpaired) electrons. The fourth-order valence-electron chi connectivity index (χ4n) is 4.36. The smallest absolute Gasteiger partial charge is 0.169 e. The Kier molecular flexibility index (Phi) is 3.06. The summed E-state index contributed by atoms with van der Waals surface area (Å²) in [6, 6.07) is 1.20. The summed E-state index contributed by atoms with van der Waals surface area (Å²) in [7, 11) is 0. The van der Waals surface area contributed by atoms with E-state index in [2.05, 4.69) is 24.1 Å². The van der Waals surface area contributed by atoms with E-state index in [1.54, 1.807) is 0 Å². The molecule has 0 spiro atoms. The van der Waals surface area contributed by atoms with Gasteiger partial charge in [0.2, 0.25) is 0 Å². The Bertz CT molecular complexity index is 301. The lowest BCUT2D eigenvalue weighted by Gasteiger charge is -2.39. The zero-order valence-corrected chi connectivity index (χ0v) is 11.8. The van der Waals surface area contributed by atoms with Gasteiger partial charge in [-0.25, -0.2) is 0 Å². The predicted octanol–water partition coefficient (Wildman–Crippen LogP) is 2.78. The first-order valence-electron chi connectivity index (χ1n) is 7.19. The molecule has 96 valence electrons. The molecule has 2 heterocycles. The summed E-state index contributed by atoms with van der Waals surface area (Å²) in [5.41, 5.74) is 0. The zero-order valence-electron chi connectivity index (χ0n) is 11.0. The molecule has 3 heteroatoms. The molecule has 0 amide bonds. The van der Waals surface area contributed by atoms with Crippen LogP contribution in [0.5, 0.6) is 0 Å². The van der Waals surface area contributed by atoms with Crippen LogP contribution >= 0.6 is 12.2 Å². The summed E-state index contributed by atoms with van der Waals surface area (Å²) in [5.74, 6) is 2.92. The molecule has 4 atom stereocenters. The van der Waals surface area contributed by atoms with Crippen LogP contribution in [0, 0.1) is 17.8 Å². The van der Waals surface area contributed by atoms with Crippen molar-refractivity contribution in [3.8, 4) is 0 Å². The van der Waals surface area contributed by atoms with E-state index in [9.17, 15) is 0 Å². The molecule has 2 unspecified atom stereocenters. The van der Waals surface area contributed by atoms with Crippen molar-refractivity contribution in [2.75, 3.05) is 6.54 Å². The first-order valence-corrected chi connectivity index (χ1v) is 7.59. The summed E-state index contributed by atoms with van der Waals surface area (Å²) in [6.07, 6.45) is 7.23. The molecule has 2 nitrogen and oxygen atoms in total. The largest absolute Gasteiger partial charge is 0.360 e. The van der Waals surface area contributed by atoms with Gasteiger partial charge >= 0.3 is 0 Å². The van der Waals surface area contributed by atoms with E-state index in [0.717, 1.165) is 28.9 Å². The van der Waals surface area contributed by atoms with E-state index in [-0.39, 0.29) is 0 Å². The molecule has 17 heavy (non-hydrogen) atoms. The van der Waals surface area contributed by atoms with Crippen LogP contribution in [-0.2, 0) is 0 Å². The minimum Gasteiger partial charge on any atom is -0.360 e. The van der Waals surface area contributed by atoms with Crippen LogP contribution in [0.3, 0.4) is 0 Å². The van der Waals surface area contributed by atoms with Crippen molar-refractivity contribution in [1.82, 2.24) is 10.2 Å². The molecular formula is C14H24N2S. The average molecular weight is 252 g/mol. The molecule has 2 saturated heterocycles. The van der Waals surface area contributed by atoms with E-state index in [1.807, 2.05) is 0 Å². The minimum absolute atomic E-state index is 0.458. The standard InChI is InChI=1S/C14H24N2S/c1-9(2)15-14(17)16-8-12-4-10-3-11(5-12)7-13(16)6-10/h9-13H,3-8H2,1-2H3,(H,15,17)/t10-,11+,12?,13?. The lowest BCUT2D eigenvalue weighted by Crippen LogP contribution is -2.48. The average Bonchev–Trinajstić information content (AvgIpc) is 2.41. The Balaban J connectivity index is 1.75. The Morgan fingerprint density at radius 2 is 1.65 bits per heavy atom. The molecule has 2 aliphatic heterocycles. The maximum absolute atomic E-state index is 5.60. The Labute approximate surface area is 110 Å². The van der Waals surface area contributed by atoms with Gasteiger partial charge in [-0.3, -0.25) is 0 Å². The van der Waals surface area contributed by atoms with E-state index >= 15 is 0 Å². The second kappa shape index (κ2) is 4.42. The molecule has 4 aliphatic rings. The molecule has 1 N–H and O–H groups in total. The molecule has 4 bridgehead atoms. The van der Waals surface area contributed by atoms with E-state index in [4.69, 9.17) is 12.2 Å². The first kappa shape index (κ1) is 11.8. The number of fused-ring (bicyclic) bond motifs is 1. The fraction of sp³-hybridized carbons (Fsp3) is 0.929. The summed E-state index contributed by atoms with van der Waals surface area (Å²) >= 11 is 5.60. The topological polar surface area (TPSA) is 15.3 Å². The highest BCUT2D eigenvalue weighted by Crippen LogP contribution is 2.47. The molecule has 2 aliphatic carbocycles. The number of hydrogen-bond acceptors (Lipinski definition) is 1. The van der Waals surface area contributed by atoms with Crippen LogP contribution in [-0.4, -0.2) is 28.6 Å². The number of nitrogens with one attached hydrogen (secondary N) is 1. The van der Waals surface area contributed by atoms with Gasteiger partial charge in [-0.15, -0.1) is 0 Å². The van der Waals surface area contributed by atoms with Gasteiger partial charge in [0.15, 0.2) is 5.11 Å². The molecule has 0 aromatic rings. The third kappa shape index (κ3) is 2.31. The minimum atomic E-state index is 0.458. The zero-order chi connectivity index (χ0) is 12.0. The fourth-order valence-corrected chi connectivity index (χ4v) is 4.82. The van der Waals surface area contributed by atoms with E-state index < -0.39 is 0 Å². The third-order valence-corrected chi connectivity index (χ3v) is 5.13. The van der Waals surface area contributed by atoms with Crippen molar-refractivity contribution in [3.63, 3.8) is 0 Å². The number of thiocarbonyl (C=S) groups is 1. The Morgan fingerprint density at radius 1 is 1.06 bits per heavy atom. The summed E-state index contributed by atoms with van der Waals surface area (Å²) < 4.78 is 0. The first-order chi connectivity index (χ1) is 8.11. The highest BCUT2D eigenvalue weighted by atomic mass is 32.1. The lowest BCUT2D eigenvalue weighted by atomic mass is 9.68. The van der Waals surface area contributed by atoms with Gasteiger partial charge in [0.25, 0.3) is 0 Å². The quantitative estimate of drug-likeness (QED) is 0.723. The lowest BCUT2D eigenvalue weighted by molar-refractivity contribution is 0.146. The highest BCUT2D eigenvalue weighted by molar-refractivity contribution is 7.80. The van der Waals surface area contributed by atoms with Crippen molar-refractivity contribution in [2.24, 2.45) is 17.8 Å². The summed E-state index contributed by atoms with van der Waals surface area (Å²) in [4.78, 5) is 2.53. The molecule has 4 rings (SSSR count). The number of hydrogen-bond donors (Lipinski definition) is 1.